The van der Waals surface area contributed by atoms with Crippen LogP contribution in [-0.4, -0.2) is 34.0 Å². The van der Waals surface area contributed by atoms with E-state index in [9.17, 15) is 4.79 Å². The van der Waals surface area contributed by atoms with Gasteiger partial charge in [-0.05, 0) is 32.7 Å². The number of aromatic nitrogens is 2. The maximum Gasteiger partial charge on any atom is 0.268 e. The molecule has 5 heteroatoms. The van der Waals surface area contributed by atoms with Gasteiger partial charge in [-0.2, -0.15) is 5.26 Å². The predicted molar refractivity (Wildman–Crippen MR) is 66.1 cm³/mol. The Kier molecular flexibility index (Phi) is 2.67. The molecule has 2 aliphatic heterocycles. The van der Waals surface area contributed by atoms with Crippen molar-refractivity contribution in [2.24, 2.45) is 0 Å². The van der Waals surface area contributed by atoms with Crippen LogP contribution >= 0.6 is 0 Å². The molecule has 2 fully saturated rings. The molecule has 18 heavy (non-hydrogen) atoms. The third kappa shape index (κ3) is 1.73. The number of nitrogens with zero attached hydrogens (tertiary/aromatic N) is 3. The van der Waals surface area contributed by atoms with Gasteiger partial charge in [0.05, 0.1) is 6.20 Å². The van der Waals surface area contributed by atoms with Gasteiger partial charge in [-0.3, -0.25) is 4.79 Å². The van der Waals surface area contributed by atoms with Gasteiger partial charge in [-0.25, -0.2) is 4.98 Å². The lowest BCUT2D eigenvalue weighted by molar-refractivity contribution is 0.158. The van der Waals surface area contributed by atoms with Crippen LogP contribution in [0, 0.1) is 11.3 Å². The van der Waals surface area contributed by atoms with E-state index in [0.717, 1.165) is 18.7 Å². The van der Waals surface area contributed by atoms with Crippen LogP contribution in [0.1, 0.15) is 43.0 Å². The van der Waals surface area contributed by atoms with Crippen molar-refractivity contribution >= 4 is 0 Å². The quantitative estimate of drug-likeness (QED) is 0.799. The Balaban J connectivity index is 1.87. The molecule has 0 spiro atoms. The van der Waals surface area contributed by atoms with Gasteiger partial charge >= 0.3 is 0 Å². The number of nitrogens with one attached hydrogen (secondary N) is 1. The summed E-state index contributed by atoms with van der Waals surface area (Å²) in [5.74, 6) is 1.09. The highest BCUT2D eigenvalue weighted by Crippen LogP contribution is 2.40. The summed E-state index contributed by atoms with van der Waals surface area (Å²) < 4.78 is 0. The van der Waals surface area contributed by atoms with E-state index in [2.05, 4.69) is 21.9 Å². The van der Waals surface area contributed by atoms with Crippen molar-refractivity contribution in [2.75, 3.05) is 7.05 Å². The number of piperidine rings is 1. The zero-order chi connectivity index (χ0) is 12.7. The fraction of sp³-hybridized carbons (Fsp3) is 0.615. The summed E-state index contributed by atoms with van der Waals surface area (Å²) in [5, 5.41) is 8.73. The normalized spacial score (nSPS) is 31.2. The molecule has 2 atom stereocenters. The van der Waals surface area contributed by atoms with Crippen LogP contribution in [0.3, 0.4) is 0 Å². The van der Waals surface area contributed by atoms with Crippen LogP contribution < -0.4 is 5.56 Å². The minimum absolute atomic E-state index is 0.0923. The molecular formula is C13H16N4O. The number of aromatic amines is 1. The van der Waals surface area contributed by atoms with Gasteiger partial charge in [0.2, 0.25) is 0 Å². The summed E-state index contributed by atoms with van der Waals surface area (Å²) in [5.41, 5.74) is -0.219. The number of H-pyrrole nitrogens is 1. The zero-order valence-corrected chi connectivity index (χ0v) is 10.4. The molecule has 2 saturated heterocycles. The van der Waals surface area contributed by atoms with E-state index in [0.29, 0.717) is 18.0 Å². The first-order valence-corrected chi connectivity index (χ1v) is 6.40. The summed E-state index contributed by atoms with van der Waals surface area (Å²) in [7, 11) is 2.19. The van der Waals surface area contributed by atoms with Crippen LogP contribution in [0.15, 0.2) is 11.0 Å². The molecule has 0 amide bonds. The molecular weight excluding hydrogens is 228 g/mol. The molecule has 0 radical (unpaired) electrons. The lowest BCUT2D eigenvalue weighted by atomic mass is 9.90. The Bertz CT molecular complexity index is 545. The van der Waals surface area contributed by atoms with E-state index in [4.69, 9.17) is 5.26 Å². The maximum absolute atomic E-state index is 11.6. The Labute approximate surface area is 105 Å². The predicted octanol–water partition coefficient (Wildman–Crippen LogP) is 0.982. The molecule has 94 valence electrons. The second kappa shape index (κ2) is 4.21. The molecule has 0 saturated carbocycles. The van der Waals surface area contributed by atoms with Gasteiger partial charge in [-0.15, -0.1) is 0 Å². The molecule has 5 nitrogen and oxygen atoms in total. The molecule has 0 aromatic carbocycles. The Morgan fingerprint density at radius 3 is 2.67 bits per heavy atom. The fourth-order valence-corrected chi connectivity index (χ4v) is 3.33. The van der Waals surface area contributed by atoms with Gasteiger partial charge in [0.15, 0.2) is 0 Å². The highest BCUT2D eigenvalue weighted by atomic mass is 16.1. The summed E-state index contributed by atoms with van der Waals surface area (Å²) in [4.78, 5) is 21.1. The number of nitriles is 1. The van der Waals surface area contributed by atoms with Crippen molar-refractivity contribution in [1.82, 2.24) is 14.9 Å². The first kappa shape index (κ1) is 11.4. The van der Waals surface area contributed by atoms with Crippen molar-refractivity contribution in [1.29, 1.82) is 5.26 Å². The average molecular weight is 244 g/mol. The first-order chi connectivity index (χ1) is 8.69. The van der Waals surface area contributed by atoms with Crippen molar-refractivity contribution in [3.63, 3.8) is 0 Å². The minimum atomic E-state index is -0.311. The molecule has 1 aromatic rings. The summed E-state index contributed by atoms with van der Waals surface area (Å²) in [6.07, 6.45) is 6.01. The molecule has 2 bridgehead atoms. The van der Waals surface area contributed by atoms with E-state index in [1.807, 2.05) is 6.07 Å². The smallest absolute Gasteiger partial charge is 0.268 e. The maximum atomic E-state index is 11.6. The second-order valence-corrected chi connectivity index (χ2v) is 5.34. The first-order valence-electron chi connectivity index (χ1n) is 6.40. The number of hydrogen-bond acceptors (Lipinski definition) is 4. The number of fused-ring (bicyclic) bond motifs is 2. The highest BCUT2D eigenvalue weighted by Gasteiger charge is 2.39. The SMILES string of the molecule is CN1C2CCC1CC(c1ncc(C#N)c(=O)[nH]1)C2. The summed E-state index contributed by atoms with van der Waals surface area (Å²) in [6.45, 7) is 0. The van der Waals surface area contributed by atoms with Crippen molar-refractivity contribution in [3.8, 4) is 6.07 Å². The molecule has 2 aliphatic rings. The minimum Gasteiger partial charge on any atom is -0.309 e. The molecule has 1 N–H and O–H groups in total. The van der Waals surface area contributed by atoms with Crippen LogP contribution in [-0.2, 0) is 0 Å². The molecule has 3 rings (SSSR count). The highest BCUT2D eigenvalue weighted by molar-refractivity contribution is 5.23. The third-order valence-electron chi connectivity index (χ3n) is 4.42. The van der Waals surface area contributed by atoms with Crippen LogP contribution in [0.4, 0.5) is 0 Å². The van der Waals surface area contributed by atoms with E-state index in [1.54, 1.807) is 0 Å². The number of rotatable bonds is 1. The Morgan fingerprint density at radius 1 is 1.44 bits per heavy atom. The third-order valence-corrected chi connectivity index (χ3v) is 4.42. The summed E-state index contributed by atoms with van der Waals surface area (Å²) >= 11 is 0. The van der Waals surface area contributed by atoms with Crippen LogP contribution in [0.25, 0.3) is 0 Å². The van der Waals surface area contributed by atoms with Crippen LogP contribution in [0.2, 0.25) is 0 Å². The molecule has 2 unspecified atom stereocenters. The fourth-order valence-electron chi connectivity index (χ4n) is 3.33. The lowest BCUT2D eigenvalue weighted by Crippen LogP contribution is -2.39. The van der Waals surface area contributed by atoms with Gasteiger partial charge in [0.25, 0.3) is 5.56 Å². The topological polar surface area (TPSA) is 72.8 Å². The van der Waals surface area contributed by atoms with E-state index in [-0.39, 0.29) is 11.1 Å². The second-order valence-electron chi connectivity index (χ2n) is 5.34. The van der Waals surface area contributed by atoms with E-state index >= 15 is 0 Å². The standard InChI is InChI=1S/C13H16N4O/c1-17-10-2-3-11(17)5-8(4-10)12-15-7-9(6-14)13(18)16-12/h7-8,10-11H,2-5H2,1H3,(H,15,16,18). The number of hydrogen-bond donors (Lipinski definition) is 1. The monoisotopic (exact) mass is 244 g/mol. The van der Waals surface area contributed by atoms with Crippen LogP contribution in [0.5, 0.6) is 0 Å². The average Bonchev–Trinajstić information content (AvgIpc) is 2.61. The zero-order valence-electron chi connectivity index (χ0n) is 10.4. The Hall–Kier alpha value is -1.67. The Morgan fingerprint density at radius 2 is 2.11 bits per heavy atom. The lowest BCUT2D eigenvalue weighted by Gasteiger charge is -2.35. The van der Waals surface area contributed by atoms with E-state index < -0.39 is 0 Å². The van der Waals surface area contributed by atoms with Gasteiger partial charge in [-0.1, -0.05) is 0 Å². The van der Waals surface area contributed by atoms with Crippen molar-refractivity contribution in [2.45, 2.75) is 43.7 Å². The van der Waals surface area contributed by atoms with Crippen molar-refractivity contribution in [3.05, 3.63) is 27.9 Å². The molecule has 0 aliphatic carbocycles. The summed E-state index contributed by atoms with van der Waals surface area (Å²) in [6, 6.07) is 3.09. The molecule has 1 aromatic heterocycles. The van der Waals surface area contributed by atoms with Gasteiger partial charge in [0, 0.05) is 18.0 Å². The van der Waals surface area contributed by atoms with Crippen molar-refractivity contribution < 1.29 is 0 Å². The van der Waals surface area contributed by atoms with Gasteiger partial charge in [0.1, 0.15) is 17.5 Å². The molecule has 3 heterocycles. The van der Waals surface area contributed by atoms with Gasteiger partial charge < -0.3 is 9.88 Å². The largest absolute Gasteiger partial charge is 0.309 e. The van der Waals surface area contributed by atoms with E-state index in [1.165, 1.54) is 19.0 Å².